The molecule has 5 nitrogen and oxygen atoms in total. The van der Waals surface area contributed by atoms with Gasteiger partial charge in [-0.15, -0.1) is 0 Å². The van der Waals surface area contributed by atoms with Crippen LogP contribution in [0.1, 0.15) is 36.6 Å². The second-order valence-electron chi connectivity index (χ2n) is 5.41. The molecule has 1 saturated carbocycles. The van der Waals surface area contributed by atoms with Gasteiger partial charge in [0, 0.05) is 17.5 Å². The van der Waals surface area contributed by atoms with Gasteiger partial charge in [0.05, 0.1) is 7.11 Å². The molecule has 0 radical (unpaired) electrons. The molecule has 1 fully saturated rings. The molecule has 2 aromatic rings. The Labute approximate surface area is 118 Å². The minimum absolute atomic E-state index is 0.263. The molecular formula is C15H19N3O2. The van der Waals surface area contributed by atoms with Crippen LogP contribution in [0.15, 0.2) is 22.7 Å². The highest BCUT2D eigenvalue weighted by atomic mass is 16.5. The lowest BCUT2D eigenvalue weighted by Gasteiger charge is -2.04. The Hall–Kier alpha value is -1.88. The maximum Gasteiger partial charge on any atom is 0.230 e. The first kappa shape index (κ1) is 13.1. The standard InChI is InChI=1S/C15H19N3O2/c1-9-7-10(4-6-13(9)19-2)14-17-15(20-18-14)11-3-5-12(16)8-11/h4,6-7,11-12H,3,5,8,16H2,1-2H3/t11-,12+/m1/s1. The molecule has 0 unspecified atom stereocenters. The summed E-state index contributed by atoms with van der Waals surface area (Å²) in [5, 5.41) is 4.08. The number of aryl methyl sites for hydroxylation is 1. The molecule has 1 heterocycles. The van der Waals surface area contributed by atoms with Crippen LogP contribution in [0.2, 0.25) is 0 Å². The maximum absolute atomic E-state index is 5.93. The van der Waals surface area contributed by atoms with Gasteiger partial charge in [-0.05, 0) is 49.9 Å². The molecule has 106 valence electrons. The lowest BCUT2D eigenvalue weighted by Crippen LogP contribution is -2.14. The highest BCUT2D eigenvalue weighted by Gasteiger charge is 2.28. The average Bonchev–Trinajstić information content (AvgIpc) is 3.07. The van der Waals surface area contributed by atoms with E-state index in [1.54, 1.807) is 7.11 Å². The normalized spacial score (nSPS) is 22.1. The molecule has 1 aliphatic carbocycles. The molecule has 2 N–H and O–H groups in total. The summed E-state index contributed by atoms with van der Waals surface area (Å²) in [5.74, 6) is 2.51. The van der Waals surface area contributed by atoms with E-state index in [-0.39, 0.29) is 6.04 Å². The monoisotopic (exact) mass is 273 g/mol. The van der Waals surface area contributed by atoms with Crippen LogP contribution in [-0.2, 0) is 0 Å². The van der Waals surface area contributed by atoms with Gasteiger partial charge in [-0.2, -0.15) is 4.98 Å². The smallest absolute Gasteiger partial charge is 0.230 e. The number of aromatic nitrogens is 2. The predicted molar refractivity (Wildman–Crippen MR) is 75.6 cm³/mol. The topological polar surface area (TPSA) is 74.2 Å². The largest absolute Gasteiger partial charge is 0.496 e. The van der Waals surface area contributed by atoms with Crippen molar-refractivity contribution in [2.75, 3.05) is 7.11 Å². The molecule has 0 saturated heterocycles. The zero-order chi connectivity index (χ0) is 14.1. The van der Waals surface area contributed by atoms with E-state index in [2.05, 4.69) is 10.1 Å². The van der Waals surface area contributed by atoms with Gasteiger partial charge in [0.2, 0.25) is 11.7 Å². The molecule has 1 aromatic carbocycles. The fourth-order valence-corrected chi connectivity index (χ4v) is 2.78. The minimum Gasteiger partial charge on any atom is -0.496 e. The number of nitrogens with zero attached hydrogens (tertiary/aromatic N) is 2. The number of methoxy groups -OCH3 is 1. The van der Waals surface area contributed by atoms with E-state index in [1.807, 2.05) is 25.1 Å². The molecule has 0 bridgehead atoms. The van der Waals surface area contributed by atoms with Crippen molar-refractivity contribution in [1.29, 1.82) is 0 Å². The first-order valence-corrected chi connectivity index (χ1v) is 6.91. The van der Waals surface area contributed by atoms with E-state index in [9.17, 15) is 0 Å². The SMILES string of the molecule is COc1ccc(-c2noc([C@@H]3CC[C@H](N)C3)n2)cc1C. The predicted octanol–water partition coefficient (Wildman–Crippen LogP) is 2.65. The Kier molecular flexibility index (Phi) is 3.44. The van der Waals surface area contributed by atoms with Crippen LogP contribution in [-0.4, -0.2) is 23.3 Å². The third kappa shape index (κ3) is 2.41. The van der Waals surface area contributed by atoms with Crippen LogP contribution in [0, 0.1) is 6.92 Å². The van der Waals surface area contributed by atoms with Crippen molar-refractivity contribution < 1.29 is 9.26 Å². The number of hydrogen-bond donors (Lipinski definition) is 1. The molecule has 0 spiro atoms. The molecule has 0 aliphatic heterocycles. The van der Waals surface area contributed by atoms with Gasteiger partial charge in [-0.3, -0.25) is 0 Å². The number of hydrogen-bond acceptors (Lipinski definition) is 5. The Balaban J connectivity index is 1.84. The van der Waals surface area contributed by atoms with Crippen molar-refractivity contribution in [2.24, 2.45) is 5.73 Å². The van der Waals surface area contributed by atoms with Crippen molar-refractivity contribution in [3.05, 3.63) is 29.7 Å². The Morgan fingerprint density at radius 2 is 2.20 bits per heavy atom. The molecule has 3 rings (SSSR count). The van der Waals surface area contributed by atoms with Crippen LogP contribution in [0.5, 0.6) is 5.75 Å². The van der Waals surface area contributed by atoms with Gasteiger partial charge in [0.1, 0.15) is 5.75 Å². The molecule has 20 heavy (non-hydrogen) atoms. The minimum atomic E-state index is 0.263. The molecule has 1 aliphatic rings. The Bertz CT molecular complexity index is 609. The second kappa shape index (κ2) is 5.25. The van der Waals surface area contributed by atoms with Crippen LogP contribution >= 0.6 is 0 Å². The summed E-state index contributed by atoms with van der Waals surface area (Å²) in [6, 6.07) is 6.14. The van der Waals surface area contributed by atoms with E-state index in [0.717, 1.165) is 36.1 Å². The molecule has 2 atom stereocenters. The third-order valence-corrected chi connectivity index (χ3v) is 3.92. The van der Waals surface area contributed by atoms with E-state index in [4.69, 9.17) is 15.0 Å². The summed E-state index contributed by atoms with van der Waals surface area (Å²) >= 11 is 0. The summed E-state index contributed by atoms with van der Waals surface area (Å²) in [7, 11) is 1.66. The van der Waals surface area contributed by atoms with Crippen LogP contribution < -0.4 is 10.5 Å². The van der Waals surface area contributed by atoms with Crippen molar-refractivity contribution in [3.63, 3.8) is 0 Å². The average molecular weight is 273 g/mol. The molecular weight excluding hydrogens is 254 g/mol. The summed E-state index contributed by atoms with van der Waals surface area (Å²) in [5.41, 5.74) is 7.93. The number of nitrogens with two attached hydrogens (primary N) is 1. The number of benzene rings is 1. The van der Waals surface area contributed by atoms with Gasteiger partial charge < -0.3 is 15.0 Å². The maximum atomic E-state index is 5.93. The van der Waals surface area contributed by atoms with Gasteiger partial charge >= 0.3 is 0 Å². The fraction of sp³-hybridized carbons (Fsp3) is 0.467. The fourth-order valence-electron chi connectivity index (χ4n) is 2.78. The first-order chi connectivity index (χ1) is 9.67. The van der Waals surface area contributed by atoms with E-state index >= 15 is 0 Å². The first-order valence-electron chi connectivity index (χ1n) is 6.91. The highest BCUT2D eigenvalue weighted by Crippen LogP contribution is 2.33. The van der Waals surface area contributed by atoms with E-state index in [1.165, 1.54) is 0 Å². The van der Waals surface area contributed by atoms with Gasteiger partial charge in [-0.25, -0.2) is 0 Å². The van der Waals surface area contributed by atoms with Crippen molar-refractivity contribution in [2.45, 2.75) is 38.1 Å². The lowest BCUT2D eigenvalue weighted by atomic mass is 10.1. The van der Waals surface area contributed by atoms with Crippen molar-refractivity contribution >= 4 is 0 Å². The summed E-state index contributed by atoms with van der Waals surface area (Å²) in [6.45, 7) is 2.00. The number of ether oxygens (including phenoxy) is 1. The van der Waals surface area contributed by atoms with Gasteiger partial charge in [0.25, 0.3) is 0 Å². The van der Waals surface area contributed by atoms with Crippen LogP contribution in [0.4, 0.5) is 0 Å². The van der Waals surface area contributed by atoms with E-state index in [0.29, 0.717) is 17.6 Å². The Morgan fingerprint density at radius 3 is 2.85 bits per heavy atom. The van der Waals surface area contributed by atoms with Gasteiger partial charge in [0.15, 0.2) is 0 Å². The molecule has 5 heteroatoms. The zero-order valence-corrected chi connectivity index (χ0v) is 11.8. The third-order valence-electron chi connectivity index (χ3n) is 3.92. The van der Waals surface area contributed by atoms with Gasteiger partial charge in [-0.1, -0.05) is 5.16 Å². The van der Waals surface area contributed by atoms with Crippen LogP contribution in [0.3, 0.4) is 0 Å². The van der Waals surface area contributed by atoms with E-state index < -0.39 is 0 Å². The summed E-state index contributed by atoms with van der Waals surface area (Å²) in [4.78, 5) is 4.52. The molecule has 1 aromatic heterocycles. The van der Waals surface area contributed by atoms with Crippen molar-refractivity contribution in [1.82, 2.24) is 10.1 Å². The highest BCUT2D eigenvalue weighted by molar-refractivity contribution is 5.58. The lowest BCUT2D eigenvalue weighted by molar-refractivity contribution is 0.353. The quantitative estimate of drug-likeness (QED) is 0.930. The zero-order valence-electron chi connectivity index (χ0n) is 11.8. The van der Waals surface area contributed by atoms with Crippen LogP contribution in [0.25, 0.3) is 11.4 Å². The number of rotatable bonds is 3. The Morgan fingerprint density at radius 1 is 1.35 bits per heavy atom. The van der Waals surface area contributed by atoms with Crippen molar-refractivity contribution in [3.8, 4) is 17.1 Å². The summed E-state index contributed by atoms with van der Waals surface area (Å²) < 4.78 is 10.7. The molecule has 0 amide bonds. The summed E-state index contributed by atoms with van der Waals surface area (Å²) in [6.07, 6.45) is 3.00. The second-order valence-corrected chi connectivity index (χ2v) is 5.41.